The van der Waals surface area contributed by atoms with Crippen LogP contribution >= 0.6 is 23.2 Å². The summed E-state index contributed by atoms with van der Waals surface area (Å²) in [5.41, 5.74) is 6.40. The van der Waals surface area contributed by atoms with E-state index in [0.29, 0.717) is 15.7 Å². The zero-order valence-electron chi connectivity index (χ0n) is 10.1. The van der Waals surface area contributed by atoms with E-state index in [2.05, 4.69) is 4.98 Å². The summed E-state index contributed by atoms with van der Waals surface area (Å²) in [6.07, 6.45) is 1.38. The topological polar surface area (TPSA) is 70.1 Å². The van der Waals surface area contributed by atoms with Gasteiger partial charge in [0, 0.05) is 0 Å². The molecule has 1 aromatic carbocycles. The molecular formula is C12H11Cl2N3O2. The predicted octanol–water partition coefficient (Wildman–Crippen LogP) is 2.94. The van der Waals surface area contributed by atoms with E-state index in [0.717, 1.165) is 0 Å². The standard InChI is InChI=1S/C12H11Cl2N3O2/c1-2-19-12(18)9-11(15)17(6-16-9)10-7(13)4-3-5-8(10)14/h3-6H,2,15H2,1H3. The molecule has 0 aliphatic heterocycles. The molecule has 100 valence electrons. The summed E-state index contributed by atoms with van der Waals surface area (Å²) in [5, 5.41) is 0.819. The van der Waals surface area contributed by atoms with Gasteiger partial charge in [0.15, 0.2) is 5.69 Å². The summed E-state index contributed by atoms with van der Waals surface area (Å²) in [7, 11) is 0. The number of hydrogen-bond donors (Lipinski definition) is 1. The van der Waals surface area contributed by atoms with Crippen molar-refractivity contribution in [3.05, 3.63) is 40.3 Å². The van der Waals surface area contributed by atoms with Gasteiger partial charge in [-0.05, 0) is 19.1 Å². The van der Waals surface area contributed by atoms with E-state index in [-0.39, 0.29) is 18.1 Å². The first-order chi connectivity index (χ1) is 9.06. The molecule has 5 nitrogen and oxygen atoms in total. The number of rotatable bonds is 3. The van der Waals surface area contributed by atoms with Crippen LogP contribution in [0.4, 0.5) is 5.82 Å². The lowest BCUT2D eigenvalue weighted by atomic mass is 10.3. The third kappa shape index (κ3) is 2.52. The van der Waals surface area contributed by atoms with Crippen LogP contribution in [0.3, 0.4) is 0 Å². The van der Waals surface area contributed by atoms with Crippen molar-refractivity contribution in [3.63, 3.8) is 0 Å². The molecule has 19 heavy (non-hydrogen) atoms. The highest BCUT2D eigenvalue weighted by molar-refractivity contribution is 6.37. The Kier molecular flexibility index (Phi) is 3.97. The fourth-order valence-electron chi connectivity index (χ4n) is 1.61. The molecule has 0 spiro atoms. The second kappa shape index (κ2) is 5.50. The van der Waals surface area contributed by atoms with Crippen LogP contribution in [0.25, 0.3) is 5.69 Å². The first-order valence-corrected chi connectivity index (χ1v) is 6.26. The summed E-state index contributed by atoms with van der Waals surface area (Å²) in [4.78, 5) is 15.6. The Morgan fingerprint density at radius 3 is 2.63 bits per heavy atom. The number of nitrogens with zero attached hydrogens (tertiary/aromatic N) is 2. The van der Waals surface area contributed by atoms with Crippen LogP contribution in [0.15, 0.2) is 24.5 Å². The number of halogens is 2. The number of carbonyl (C=O) groups is 1. The van der Waals surface area contributed by atoms with Gasteiger partial charge in [0.25, 0.3) is 0 Å². The van der Waals surface area contributed by atoms with Crippen molar-refractivity contribution in [3.8, 4) is 5.69 Å². The molecule has 0 bridgehead atoms. The smallest absolute Gasteiger partial charge is 0.360 e. The Labute approximate surface area is 119 Å². The lowest BCUT2D eigenvalue weighted by Gasteiger charge is -2.09. The summed E-state index contributed by atoms with van der Waals surface area (Å²) in [6.45, 7) is 1.95. The first kappa shape index (κ1) is 13.7. The number of hydrogen-bond acceptors (Lipinski definition) is 4. The molecule has 1 heterocycles. The van der Waals surface area contributed by atoms with Crippen molar-refractivity contribution in [2.75, 3.05) is 12.3 Å². The maximum atomic E-state index is 11.6. The summed E-state index contributed by atoms with van der Waals surface area (Å²) < 4.78 is 6.31. The Morgan fingerprint density at radius 1 is 1.42 bits per heavy atom. The normalized spacial score (nSPS) is 10.5. The zero-order valence-corrected chi connectivity index (χ0v) is 11.6. The highest BCUT2D eigenvalue weighted by Crippen LogP contribution is 2.30. The molecule has 0 radical (unpaired) electrons. The molecule has 0 unspecified atom stereocenters. The fourth-order valence-corrected chi connectivity index (χ4v) is 2.19. The number of nitrogens with two attached hydrogens (primary N) is 1. The number of esters is 1. The molecule has 7 heteroatoms. The quantitative estimate of drug-likeness (QED) is 0.885. The van der Waals surface area contributed by atoms with Gasteiger partial charge in [-0.1, -0.05) is 29.3 Å². The van der Waals surface area contributed by atoms with Crippen LogP contribution in [-0.4, -0.2) is 22.1 Å². The average molecular weight is 300 g/mol. The molecule has 0 aliphatic rings. The summed E-state index contributed by atoms with van der Waals surface area (Å²) >= 11 is 12.2. The number of ether oxygens (including phenoxy) is 1. The highest BCUT2D eigenvalue weighted by Gasteiger charge is 2.19. The van der Waals surface area contributed by atoms with Gasteiger partial charge in [-0.15, -0.1) is 0 Å². The van der Waals surface area contributed by atoms with Gasteiger partial charge in [0.05, 0.1) is 22.3 Å². The molecular weight excluding hydrogens is 289 g/mol. The number of nitrogen functional groups attached to an aromatic ring is 1. The van der Waals surface area contributed by atoms with E-state index in [9.17, 15) is 4.79 Å². The van der Waals surface area contributed by atoms with E-state index < -0.39 is 5.97 Å². The van der Waals surface area contributed by atoms with Gasteiger partial charge in [-0.3, -0.25) is 4.57 Å². The molecule has 2 aromatic rings. The lowest BCUT2D eigenvalue weighted by Crippen LogP contribution is -2.09. The van der Waals surface area contributed by atoms with Crippen molar-refractivity contribution in [1.29, 1.82) is 0 Å². The largest absolute Gasteiger partial charge is 0.461 e. The number of carbonyl (C=O) groups excluding carboxylic acids is 1. The molecule has 0 saturated heterocycles. The molecule has 0 fully saturated rings. The predicted molar refractivity (Wildman–Crippen MR) is 74.0 cm³/mol. The van der Waals surface area contributed by atoms with Crippen molar-refractivity contribution < 1.29 is 9.53 Å². The van der Waals surface area contributed by atoms with Crippen LogP contribution in [0, 0.1) is 0 Å². The fraction of sp³-hybridized carbons (Fsp3) is 0.167. The van der Waals surface area contributed by atoms with Crippen molar-refractivity contribution in [1.82, 2.24) is 9.55 Å². The van der Waals surface area contributed by atoms with E-state index in [1.165, 1.54) is 10.9 Å². The lowest BCUT2D eigenvalue weighted by molar-refractivity contribution is 0.0521. The van der Waals surface area contributed by atoms with Gasteiger partial charge >= 0.3 is 5.97 Å². The zero-order chi connectivity index (χ0) is 14.0. The Balaban J connectivity index is 2.51. The third-order valence-corrected chi connectivity index (χ3v) is 3.06. The third-order valence-electron chi connectivity index (χ3n) is 2.45. The van der Waals surface area contributed by atoms with Gasteiger partial charge in [-0.25, -0.2) is 9.78 Å². The molecule has 0 amide bonds. The average Bonchev–Trinajstić information content (AvgIpc) is 2.72. The SMILES string of the molecule is CCOC(=O)c1ncn(-c2c(Cl)cccc2Cl)c1N. The van der Waals surface area contributed by atoms with Gasteiger partial charge in [0.2, 0.25) is 0 Å². The number of imidazole rings is 1. The monoisotopic (exact) mass is 299 g/mol. The molecule has 0 aliphatic carbocycles. The molecule has 1 aromatic heterocycles. The minimum Gasteiger partial charge on any atom is -0.461 e. The van der Waals surface area contributed by atoms with E-state index in [1.807, 2.05) is 0 Å². The van der Waals surface area contributed by atoms with Crippen LogP contribution < -0.4 is 5.73 Å². The van der Waals surface area contributed by atoms with Crippen molar-refractivity contribution >= 4 is 35.0 Å². The van der Waals surface area contributed by atoms with Crippen LogP contribution in [0.2, 0.25) is 10.0 Å². The first-order valence-electron chi connectivity index (χ1n) is 5.50. The molecule has 2 N–H and O–H groups in total. The minimum absolute atomic E-state index is 0.0397. The Bertz CT molecular complexity index is 605. The second-order valence-electron chi connectivity index (χ2n) is 3.64. The maximum absolute atomic E-state index is 11.6. The van der Waals surface area contributed by atoms with Crippen molar-refractivity contribution in [2.45, 2.75) is 6.92 Å². The maximum Gasteiger partial charge on any atom is 0.360 e. The number of benzene rings is 1. The number of para-hydroxylation sites is 1. The van der Waals surface area contributed by atoms with Gasteiger partial charge in [0.1, 0.15) is 12.1 Å². The molecule has 0 saturated carbocycles. The van der Waals surface area contributed by atoms with E-state index in [1.54, 1.807) is 25.1 Å². The van der Waals surface area contributed by atoms with E-state index >= 15 is 0 Å². The van der Waals surface area contributed by atoms with Crippen LogP contribution in [-0.2, 0) is 4.74 Å². The van der Waals surface area contributed by atoms with Gasteiger partial charge in [-0.2, -0.15) is 0 Å². The van der Waals surface area contributed by atoms with Crippen LogP contribution in [0.5, 0.6) is 0 Å². The molecule has 0 atom stereocenters. The minimum atomic E-state index is -0.582. The number of anilines is 1. The van der Waals surface area contributed by atoms with Crippen molar-refractivity contribution in [2.24, 2.45) is 0 Å². The Morgan fingerprint density at radius 2 is 2.05 bits per heavy atom. The number of aromatic nitrogens is 2. The van der Waals surface area contributed by atoms with E-state index in [4.69, 9.17) is 33.7 Å². The van der Waals surface area contributed by atoms with Gasteiger partial charge < -0.3 is 10.5 Å². The highest BCUT2D eigenvalue weighted by atomic mass is 35.5. The molecule has 2 rings (SSSR count). The Hall–Kier alpha value is -1.72. The van der Waals surface area contributed by atoms with Crippen LogP contribution in [0.1, 0.15) is 17.4 Å². The summed E-state index contributed by atoms with van der Waals surface area (Å²) in [5.74, 6) is -0.449. The second-order valence-corrected chi connectivity index (χ2v) is 4.45. The summed E-state index contributed by atoms with van der Waals surface area (Å²) in [6, 6.07) is 5.06.